The zero-order chi connectivity index (χ0) is 20.3. The lowest BCUT2D eigenvalue weighted by molar-refractivity contribution is -0.0731. The molecule has 2 heterocycles. The Hall–Kier alpha value is -0.370. The van der Waals surface area contributed by atoms with Crippen molar-refractivity contribution in [3.63, 3.8) is 0 Å². The minimum absolute atomic E-state index is 0.0657. The van der Waals surface area contributed by atoms with E-state index in [0.29, 0.717) is 29.7 Å². The first-order chi connectivity index (χ1) is 13.2. The van der Waals surface area contributed by atoms with Crippen LogP contribution in [0, 0.1) is 5.92 Å². The molecule has 0 aromatic heterocycles. The van der Waals surface area contributed by atoms with Crippen molar-refractivity contribution in [1.82, 2.24) is 9.80 Å². The first kappa shape index (κ1) is 22.3. The number of halogens is 2. The van der Waals surface area contributed by atoms with Crippen molar-refractivity contribution in [2.75, 3.05) is 45.0 Å². The molecule has 0 amide bonds. The summed E-state index contributed by atoms with van der Waals surface area (Å²) in [5.41, 5.74) is 0. The topological polar surface area (TPSA) is 49.9 Å². The molecule has 0 spiro atoms. The van der Waals surface area contributed by atoms with Gasteiger partial charge in [-0.05, 0) is 63.9 Å². The zero-order valence-electron chi connectivity index (χ0n) is 16.6. The molecule has 2 fully saturated rings. The zero-order valence-corrected chi connectivity index (χ0v) is 18.9. The Morgan fingerprint density at radius 1 is 1.07 bits per heavy atom. The molecule has 5 nitrogen and oxygen atoms in total. The van der Waals surface area contributed by atoms with E-state index in [-0.39, 0.29) is 15.7 Å². The number of ether oxygens (including phenoxy) is 1. The van der Waals surface area contributed by atoms with Gasteiger partial charge in [0.2, 0.25) is 0 Å². The highest BCUT2D eigenvalue weighted by Gasteiger charge is 2.27. The minimum Gasteiger partial charge on any atom is -0.373 e. The molecule has 8 heteroatoms. The molecule has 2 saturated heterocycles. The van der Waals surface area contributed by atoms with Crippen molar-refractivity contribution < 1.29 is 13.2 Å². The number of sulfone groups is 1. The molecular weight excluding hydrogens is 419 g/mol. The van der Waals surface area contributed by atoms with Crippen LogP contribution < -0.4 is 0 Å². The Morgan fingerprint density at radius 3 is 2.36 bits per heavy atom. The van der Waals surface area contributed by atoms with Gasteiger partial charge in [0.05, 0.1) is 27.9 Å². The van der Waals surface area contributed by atoms with Crippen LogP contribution in [0.4, 0.5) is 0 Å². The predicted molar refractivity (Wildman–Crippen MR) is 114 cm³/mol. The van der Waals surface area contributed by atoms with E-state index in [2.05, 4.69) is 23.6 Å². The van der Waals surface area contributed by atoms with E-state index in [1.54, 1.807) is 6.07 Å². The quantitative estimate of drug-likeness (QED) is 0.665. The molecule has 0 radical (unpaired) electrons. The van der Waals surface area contributed by atoms with Crippen LogP contribution in [0.2, 0.25) is 10.0 Å². The normalized spacial score (nSPS) is 25.9. The molecule has 158 valence electrons. The third-order valence-corrected chi connectivity index (χ3v) is 8.03. The van der Waals surface area contributed by atoms with E-state index in [1.165, 1.54) is 12.1 Å². The summed E-state index contributed by atoms with van der Waals surface area (Å²) >= 11 is 12.0. The van der Waals surface area contributed by atoms with Gasteiger partial charge in [0.25, 0.3) is 0 Å². The van der Waals surface area contributed by atoms with Gasteiger partial charge in [-0.3, -0.25) is 4.90 Å². The number of nitrogens with zero attached hydrogens (tertiary/aromatic N) is 2. The fourth-order valence-corrected chi connectivity index (χ4v) is 6.36. The smallest absolute Gasteiger partial charge is 0.181 e. The predicted octanol–water partition coefficient (Wildman–Crippen LogP) is 3.59. The van der Waals surface area contributed by atoms with Gasteiger partial charge in [0, 0.05) is 31.2 Å². The maximum Gasteiger partial charge on any atom is 0.181 e. The second kappa shape index (κ2) is 9.63. The average Bonchev–Trinajstić information content (AvgIpc) is 2.62. The lowest BCUT2D eigenvalue weighted by atomic mass is 9.95. The Bertz CT molecular complexity index is 757. The number of hydrogen-bond acceptors (Lipinski definition) is 5. The van der Waals surface area contributed by atoms with Gasteiger partial charge in [-0.2, -0.15) is 0 Å². The maximum atomic E-state index is 12.6. The van der Waals surface area contributed by atoms with E-state index in [0.717, 1.165) is 45.6 Å². The molecule has 0 N–H and O–H groups in total. The van der Waals surface area contributed by atoms with Gasteiger partial charge in [0.1, 0.15) is 0 Å². The summed E-state index contributed by atoms with van der Waals surface area (Å²) in [6.45, 7) is 9.81. The number of hydrogen-bond donors (Lipinski definition) is 0. The van der Waals surface area contributed by atoms with E-state index in [9.17, 15) is 8.42 Å². The number of rotatable bonds is 6. The summed E-state index contributed by atoms with van der Waals surface area (Å²) in [4.78, 5) is 4.90. The number of benzene rings is 1. The molecule has 2 aliphatic heterocycles. The molecule has 2 atom stereocenters. The van der Waals surface area contributed by atoms with Gasteiger partial charge >= 0.3 is 0 Å². The number of likely N-dealkylation sites (tertiary alicyclic amines) is 1. The molecule has 2 aliphatic rings. The highest BCUT2D eigenvalue weighted by molar-refractivity contribution is 7.91. The molecule has 28 heavy (non-hydrogen) atoms. The third-order valence-electron chi connectivity index (χ3n) is 5.62. The summed E-state index contributed by atoms with van der Waals surface area (Å²) in [5.74, 6) is 0.740. The average molecular weight is 449 g/mol. The maximum absolute atomic E-state index is 12.6. The number of morpholine rings is 1. The van der Waals surface area contributed by atoms with Gasteiger partial charge in [-0.15, -0.1) is 0 Å². The summed E-state index contributed by atoms with van der Waals surface area (Å²) < 4.78 is 31.1. The SMILES string of the molecule is CC1CN(CC2CCN(CCS(=O)(=O)c3cc(Cl)ccc3Cl)CC2)CC(C)O1. The third kappa shape index (κ3) is 6.07. The van der Waals surface area contributed by atoms with E-state index >= 15 is 0 Å². The second-order valence-corrected chi connectivity index (χ2v) is 11.1. The molecule has 1 aromatic carbocycles. The van der Waals surface area contributed by atoms with E-state index < -0.39 is 9.84 Å². The second-order valence-electron chi connectivity index (χ2n) is 8.15. The van der Waals surface area contributed by atoms with Crippen LogP contribution in [0.1, 0.15) is 26.7 Å². The summed E-state index contributed by atoms with van der Waals surface area (Å²) in [6, 6.07) is 4.58. The van der Waals surface area contributed by atoms with Crippen LogP contribution >= 0.6 is 23.2 Å². The molecule has 0 bridgehead atoms. The summed E-state index contributed by atoms with van der Waals surface area (Å²) in [6.07, 6.45) is 2.82. The van der Waals surface area contributed by atoms with Crippen molar-refractivity contribution in [2.45, 2.75) is 43.8 Å². The van der Waals surface area contributed by atoms with Crippen LogP contribution in [0.25, 0.3) is 0 Å². The van der Waals surface area contributed by atoms with Crippen LogP contribution in [0.5, 0.6) is 0 Å². The van der Waals surface area contributed by atoms with Gasteiger partial charge < -0.3 is 9.64 Å². The van der Waals surface area contributed by atoms with E-state index in [1.807, 2.05) is 0 Å². The molecule has 0 aliphatic carbocycles. The summed E-state index contributed by atoms with van der Waals surface area (Å²) in [5, 5.41) is 0.618. The monoisotopic (exact) mass is 448 g/mol. The lowest BCUT2D eigenvalue weighted by Crippen LogP contribution is -2.48. The van der Waals surface area contributed by atoms with Crippen LogP contribution in [0.15, 0.2) is 23.1 Å². The first-order valence-corrected chi connectivity index (χ1v) is 12.4. The standard InChI is InChI=1S/C20H30Cl2N2O3S/c1-15-12-24(13-16(2)27-15)14-17-5-7-23(8-6-17)9-10-28(25,26)20-11-18(21)3-4-19(20)22/h3-4,11,15-17H,5-10,12-14H2,1-2H3. The van der Waals surface area contributed by atoms with Crippen LogP contribution in [-0.4, -0.2) is 75.4 Å². The number of piperidine rings is 1. The molecule has 2 unspecified atom stereocenters. The Morgan fingerprint density at radius 2 is 1.71 bits per heavy atom. The Balaban J connectivity index is 1.46. The van der Waals surface area contributed by atoms with Crippen molar-refractivity contribution in [3.05, 3.63) is 28.2 Å². The molecule has 1 aromatic rings. The lowest BCUT2D eigenvalue weighted by Gasteiger charge is -2.39. The Labute approximate surface area is 178 Å². The van der Waals surface area contributed by atoms with Crippen molar-refractivity contribution in [2.24, 2.45) is 5.92 Å². The largest absolute Gasteiger partial charge is 0.373 e. The van der Waals surface area contributed by atoms with Gasteiger partial charge in [-0.25, -0.2) is 8.42 Å². The minimum atomic E-state index is -3.44. The van der Waals surface area contributed by atoms with Crippen molar-refractivity contribution in [3.8, 4) is 0 Å². The van der Waals surface area contributed by atoms with Crippen molar-refractivity contribution >= 4 is 33.0 Å². The highest BCUT2D eigenvalue weighted by Crippen LogP contribution is 2.26. The highest BCUT2D eigenvalue weighted by atomic mass is 35.5. The molecule has 3 rings (SSSR count). The van der Waals surface area contributed by atoms with Gasteiger partial charge in [0.15, 0.2) is 9.84 Å². The van der Waals surface area contributed by atoms with Gasteiger partial charge in [-0.1, -0.05) is 23.2 Å². The fraction of sp³-hybridized carbons (Fsp3) is 0.700. The van der Waals surface area contributed by atoms with E-state index in [4.69, 9.17) is 27.9 Å². The van der Waals surface area contributed by atoms with Crippen molar-refractivity contribution in [1.29, 1.82) is 0 Å². The molecule has 0 saturated carbocycles. The Kier molecular flexibility index (Phi) is 7.67. The first-order valence-electron chi connectivity index (χ1n) is 10.0. The fourth-order valence-electron chi connectivity index (χ4n) is 4.27. The van der Waals surface area contributed by atoms with Crippen LogP contribution in [0.3, 0.4) is 0 Å². The summed E-state index contributed by atoms with van der Waals surface area (Å²) in [7, 11) is -3.44. The van der Waals surface area contributed by atoms with Crippen LogP contribution in [-0.2, 0) is 14.6 Å². The molecular formula is C20H30Cl2N2O3S.